The fourth-order valence-corrected chi connectivity index (χ4v) is 2.38. The van der Waals surface area contributed by atoms with E-state index < -0.39 is 0 Å². The minimum absolute atomic E-state index is 0.300. The molecular weight excluding hydrogens is 254 g/mol. The van der Waals surface area contributed by atoms with Crippen LogP contribution < -0.4 is 14.8 Å². The topological polar surface area (TPSA) is 39.7 Å². The van der Waals surface area contributed by atoms with E-state index in [9.17, 15) is 0 Å². The first-order valence-electron chi connectivity index (χ1n) is 7.58. The molecule has 0 spiro atoms. The summed E-state index contributed by atoms with van der Waals surface area (Å²) in [5.41, 5.74) is 0.979. The molecule has 1 aliphatic heterocycles. The van der Waals surface area contributed by atoms with Gasteiger partial charge in [0.1, 0.15) is 11.5 Å². The van der Waals surface area contributed by atoms with Crippen molar-refractivity contribution in [3.05, 3.63) is 18.2 Å². The second-order valence-electron chi connectivity index (χ2n) is 4.89. The lowest BCUT2D eigenvalue weighted by atomic mass is 10.1. The van der Waals surface area contributed by atoms with Crippen molar-refractivity contribution in [1.29, 1.82) is 0 Å². The van der Waals surface area contributed by atoms with Gasteiger partial charge in [0.25, 0.3) is 0 Å². The SMILES string of the molecule is CCOc1ccc(OCC)c(NCC2CCCCO2)c1. The largest absolute Gasteiger partial charge is 0.494 e. The van der Waals surface area contributed by atoms with Gasteiger partial charge in [0.15, 0.2) is 0 Å². The van der Waals surface area contributed by atoms with E-state index in [-0.39, 0.29) is 0 Å². The van der Waals surface area contributed by atoms with Crippen molar-refractivity contribution >= 4 is 5.69 Å². The van der Waals surface area contributed by atoms with Crippen LogP contribution in [-0.2, 0) is 4.74 Å². The molecule has 1 aromatic carbocycles. The third kappa shape index (κ3) is 4.30. The number of benzene rings is 1. The van der Waals surface area contributed by atoms with Crippen LogP contribution in [0.15, 0.2) is 18.2 Å². The van der Waals surface area contributed by atoms with Gasteiger partial charge in [-0.2, -0.15) is 0 Å². The fraction of sp³-hybridized carbons (Fsp3) is 0.625. The van der Waals surface area contributed by atoms with Gasteiger partial charge in [0.2, 0.25) is 0 Å². The molecule has 1 saturated heterocycles. The normalized spacial score (nSPS) is 18.6. The third-order valence-corrected chi connectivity index (χ3v) is 3.36. The molecule has 1 unspecified atom stereocenters. The molecule has 0 aromatic heterocycles. The molecule has 1 aliphatic rings. The molecule has 0 aliphatic carbocycles. The molecule has 112 valence electrons. The number of hydrogen-bond donors (Lipinski definition) is 1. The van der Waals surface area contributed by atoms with Crippen molar-refractivity contribution in [1.82, 2.24) is 0 Å². The fourth-order valence-electron chi connectivity index (χ4n) is 2.38. The van der Waals surface area contributed by atoms with Gasteiger partial charge in [-0.25, -0.2) is 0 Å². The summed E-state index contributed by atoms with van der Waals surface area (Å²) in [4.78, 5) is 0. The van der Waals surface area contributed by atoms with Crippen LogP contribution in [-0.4, -0.2) is 32.5 Å². The predicted molar refractivity (Wildman–Crippen MR) is 80.9 cm³/mol. The van der Waals surface area contributed by atoms with Crippen LogP contribution in [0.4, 0.5) is 5.69 Å². The van der Waals surface area contributed by atoms with Crippen LogP contribution in [0.2, 0.25) is 0 Å². The summed E-state index contributed by atoms with van der Waals surface area (Å²) < 4.78 is 16.9. The van der Waals surface area contributed by atoms with Gasteiger partial charge >= 0.3 is 0 Å². The summed E-state index contributed by atoms with van der Waals surface area (Å²) in [7, 11) is 0. The van der Waals surface area contributed by atoms with Crippen molar-refractivity contribution in [2.24, 2.45) is 0 Å². The van der Waals surface area contributed by atoms with Crippen LogP contribution in [0.3, 0.4) is 0 Å². The zero-order valence-corrected chi connectivity index (χ0v) is 12.5. The van der Waals surface area contributed by atoms with Crippen LogP contribution in [0.25, 0.3) is 0 Å². The summed E-state index contributed by atoms with van der Waals surface area (Å²) in [5.74, 6) is 1.73. The summed E-state index contributed by atoms with van der Waals surface area (Å²) in [6, 6.07) is 5.90. The van der Waals surface area contributed by atoms with E-state index in [4.69, 9.17) is 14.2 Å². The first-order valence-corrected chi connectivity index (χ1v) is 7.58. The maximum Gasteiger partial charge on any atom is 0.142 e. The van der Waals surface area contributed by atoms with Gasteiger partial charge in [0.05, 0.1) is 25.0 Å². The highest BCUT2D eigenvalue weighted by molar-refractivity contribution is 5.59. The first kappa shape index (κ1) is 15.0. The Kier molecular flexibility index (Phi) is 5.99. The number of anilines is 1. The van der Waals surface area contributed by atoms with Crippen LogP contribution in [0, 0.1) is 0 Å². The molecule has 2 rings (SSSR count). The molecule has 0 bridgehead atoms. The molecule has 1 atom stereocenters. The molecule has 4 nitrogen and oxygen atoms in total. The molecule has 1 fully saturated rings. The Morgan fingerprint density at radius 2 is 2.05 bits per heavy atom. The van der Waals surface area contributed by atoms with Crippen molar-refractivity contribution < 1.29 is 14.2 Å². The second-order valence-corrected chi connectivity index (χ2v) is 4.89. The lowest BCUT2D eigenvalue weighted by Crippen LogP contribution is -2.27. The lowest BCUT2D eigenvalue weighted by molar-refractivity contribution is 0.0247. The predicted octanol–water partition coefficient (Wildman–Crippen LogP) is 3.47. The summed E-state index contributed by atoms with van der Waals surface area (Å²) in [5, 5.41) is 3.44. The monoisotopic (exact) mass is 279 g/mol. The van der Waals surface area contributed by atoms with Gasteiger partial charge in [-0.05, 0) is 45.2 Å². The standard InChI is InChI=1S/C16H25NO3/c1-3-18-13-8-9-16(19-4-2)15(11-13)17-12-14-7-5-6-10-20-14/h8-9,11,14,17H,3-7,10,12H2,1-2H3. The minimum atomic E-state index is 0.300. The number of hydrogen-bond acceptors (Lipinski definition) is 4. The Bertz CT molecular complexity index is 403. The number of nitrogens with one attached hydrogen (secondary N) is 1. The van der Waals surface area contributed by atoms with Gasteiger partial charge < -0.3 is 19.5 Å². The smallest absolute Gasteiger partial charge is 0.142 e. The molecule has 20 heavy (non-hydrogen) atoms. The number of ether oxygens (including phenoxy) is 3. The Morgan fingerprint density at radius 1 is 1.20 bits per heavy atom. The Balaban J connectivity index is 2.00. The Hall–Kier alpha value is -1.42. The van der Waals surface area contributed by atoms with E-state index >= 15 is 0 Å². The number of rotatable bonds is 7. The summed E-state index contributed by atoms with van der Waals surface area (Å²) in [6.45, 7) is 6.99. The average molecular weight is 279 g/mol. The summed E-state index contributed by atoms with van der Waals surface area (Å²) >= 11 is 0. The molecule has 1 N–H and O–H groups in total. The average Bonchev–Trinajstić information content (AvgIpc) is 2.49. The van der Waals surface area contributed by atoms with Gasteiger partial charge in [-0.3, -0.25) is 0 Å². The third-order valence-electron chi connectivity index (χ3n) is 3.36. The summed E-state index contributed by atoms with van der Waals surface area (Å²) in [6.07, 6.45) is 3.86. The maximum absolute atomic E-state index is 5.74. The van der Waals surface area contributed by atoms with E-state index in [0.717, 1.165) is 36.8 Å². The molecular formula is C16H25NO3. The highest BCUT2D eigenvalue weighted by atomic mass is 16.5. The Morgan fingerprint density at radius 3 is 2.75 bits per heavy atom. The molecule has 0 amide bonds. The van der Waals surface area contributed by atoms with E-state index in [1.807, 2.05) is 32.0 Å². The van der Waals surface area contributed by atoms with Crippen LogP contribution in [0.1, 0.15) is 33.1 Å². The van der Waals surface area contributed by atoms with E-state index in [1.54, 1.807) is 0 Å². The van der Waals surface area contributed by atoms with E-state index in [0.29, 0.717) is 19.3 Å². The maximum atomic E-state index is 5.74. The molecule has 0 radical (unpaired) electrons. The quantitative estimate of drug-likeness (QED) is 0.829. The molecule has 4 heteroatoms. The van der Waals surface area contributed by atoms with Gasteiger partial charge in [-0.15, -0.1) is 0 Å². The minimum Gasteiger partial charge on any atom is -0.494 e. The zero-order chi connectivity index (χ0) is 14.2. The van der Waals surface area contributed by atoms with Crippen molar-refractivity contribution in [3.63, 3.8) is 0 Å². The van der Waals surface area contributed by atoms with Crippen molar-refractivity contribution in [3.8, 4) is 11.5 Å². The highest BCUT2D eigenvalue weighted by Gasteiger charge is 2.14. The Labute approximate surface area is 121 Å². The van der Waals surface area contributed by atoms with Gasteiger partial charge in [-0.1, -0.05) is 0 Å². The van der Waals surface area contributed by atoms with Crippen molar-refractivity contribution in [2.45, 2.75) is 39.2 Å². The van der Waals surface area contributed by atoms with Gasteiger partial charge in [0, 0.05) is 19.2 Å². The van der Waals surface area contributed by atoms with E-state index in [1.165, 1.54) is 12.8 Å². The zero-order valence-electron chi connectivity index (χ0n) is 12.5. The van der Waals surface area contributed by atoms with Crippen molar-refractivity contribution in [2.75, 3.05) is 31.7 Å². The van der Waals surface area contributed by atoms with E-state index in [2.05, 4.69) is 5.32 Å². The van der Waals surface area contributed by atoms with Crippen LogP contribution >= 0.6 is 0 Å². The lowest BCUT2D eigenvalue weighted by Gasteiger charge is -2.24. The molecule has 1 heterocycles. The molecule has 1 aromatic rings. The molecule has 0 saturated carbocycles. The first-order chi connectivity index (χ1) is 9.83. The highest BCUT2D eigenvalue weighted by Crippen LogP contribution is 2.29. The second kappa shape index (κ2) is 8.00. The van der Waals surface area contributed by atoms with Crippen LogP contribution in [0.5, 0.6) is 11.5 Å².